The van der Waals surface area contributed by atoms with Crippen molar-refractivity contribution in [1.82, 2.24) is 9.78 Å². The van der Waals surface area contributed by atoms with Crippen molar-refractivity contribution in [2.24, 2.45) is 0 Å². The summed E-state index contributed by atoms with van der Waals surface area (Å²) in [5.41, 5.74) is 0.190. The molecular formula is C14H13IN2O3. The Labute approximate surface area is 129 Å². The van der Waals surface area contributed by atoms with E-state index in [-0.39, 0.29) is 5.92 Å². The molecule has 0 radical (unpaired) electrons. The van der Waals surface area contributed by atoms with Crippen LogP contribution >= 0.6 is 22.6 Å². The van der Waals surface area contributed by atoms with E-state index in [0.29, 0.717) is 5.56 Å². The molecule has 0 atom stereocenters. The van der Waals surface area contributed by atoms with E-state index in [1.807, 2.05) is 38.1 Å². The predicted molar refractivity (Wildman–Crippen MR) is 83.6 cm³/mol. The molecule has 0 saturated carbocycles. The van der Waals surface area contributed by atoms with Gasteiger partial charge in [0.25, 0.3) is 0 Å². The normalized spacial score (nSPS) is 10.8. The first-order chi connectivity index (χ1) is 9.40. The summed E-state index contributed by atoms with van der Waals surface area (Å²) >= 11 is 2.18. The standard InChI is InChI=1S/C14H13IN2O3/c1-8(2)11-7-17(10-5-3-9(15)4-6-10)16-12(13(11)18)14(19)20/h3-8H,1-2H3,(H,19,20). The van der Waals surface area contributed by atoms with Gasteiger partial charge in [-0.25, -0.2) is 9.48 Å². The van der Waals surface area contributed by atoms with E-state index >= 15 is 0 Å². The van der Waals surface area contributed by atoms with Crippen LogP contribution in [0.15, 0.2) is 35.3 Å². The summed E-state index contributed by atoms with van der Waals surface area (Å²) in [6, 6.07) is 7.44. The highest BCUT2D eigenvalue weighted by Crippen LogP contribution is 2.14. The van der Waals surface area contributed by atoms with Gasteiger partial charge in [0.05, 0.1) is 5.69 Å². The minimum Gasteiger partial charge on any atom is -0.476 e. The van der Waals surface area contributed by atoms with E-state index in [1.54, 1.807) is 6.20 Å². The highest BCUT2D eigenvalue weighted by molar-refractivity contribution is 14.1. The fourth-order valence-electron chi connectivity index (χ4n) is 1.79. The number of carboxylic acid groups (broad SMARTS) is 1. The Kier molecular flexibility index (Phi) is 4.22. The number of halogens is 1. The summed E-state index contributed by atoms with van der Waals surface area (Å²) in [6.45, 7) is 3.70. The van der Waals surface area contributed by atoms with Gasteiger partial charge in [0, 0.05) is 15.3 Å². The van der Waals surface area contributed by atoms with Gasteiger partial charge < -0.3 is 5.11 Å². The molecule has 0 saturated heterocycles. The molecule has 2 rings (SSSR count). The Hall–Kier alpha value is -1.70. The van der Waals surface area contributed by atoms with Crippen molar-refractivity contribution in [3.05, 3.63) is 55.5 Å². The van der Waals surface area contributed by atoms with Crippen LogP contribution in [0.25, 0.3) is 5.69 Å². The third-order valence-electron chi connectivity index (χ3n) is 2.86. The molecule has 0 aliphatic heterocycles. The molecule has 1 heterocycles. The number of hydrogen-bond acceptors (Lipinski definition) is 3. The number of aromatic nitrogens is 2. The number of carboxylic acids is 1. The second kappa shape index (κ2) is 5.74. The van der Waals surface area contributed by atoms with Gasteiger partial charge in [-0.1, -0.05) is 13.8 Å². The molecule has 2 aromatic rings. The summed E-state index contributed by atoms with van der Waals surface area (Å²) in [5.74, 6) is -1.38. The molecule has 6 heteroatoms. The lowest BCUT2D eigenvalue weighted by Gasteiger charge is -2.11. The van der Waals surface area contributed by atoms with Crippen LogP contribution in [0.2, 0.25) is 0 Å². The predicted octanol–water partition coefficient (Wildman–Crippen LogP) is 2.66. The van der Waals surface area contributed by atoms with E-state index in [1.165, 1.54) is 4.68 Å². The number of hydrogen-bond donors (Lipinski definition) is 1. The third kappa shape index (κ3) is 2.90. The van der Waals surface area contributed by atoms with Crippen molar-refractivity contribution in [2.45, 2.75) is 19.8 Å². The van der Waals surface area contributed by atoms with Crippen LogP contribution in [-0.4, -0.2) is 20.9 Å². The van der Waals surface area contributed by atoms with Gasteiger partial charge in [-0.3, -0.25) is 4.79 Å². The minimum absolute atomic E-state index is 0.0706. The van der Waals surface area contributed by atoms with Gasteiger partial charge in [-0.2, -0.15) is 5.10 Å². The van der Waals surface area contributed by atoms with Crippen LogP contribution in [0.1, 0.15) is 35.8 Å². The topological polar surface area (TPSA) is 72.2 Å². The van der Waals surface area contributed by atoms with Crippen molar-refractivity contribution in [3.63, 3.8) is 0 Å². The Balaban J connectivity index is 2.68. The van der Waals surface area contributed by atoms with Gasteiger partial charge in [-0.15, -0.1) is 0 Å². The molecule has 1 aromatic carbocycles. The second-order valence-corrected chi connectivity index (χ2v) is 5.89. The number of nitrogens with zero attached hydrogens (tertiary/aromatic N) is 2. The average Bonchev–Trinajstić information content (AvgIpc) is 2.39. The Morgan fingerprint density at radius 1 is 1.30 bits per heavy atom. The fourth-order valence-corrected chi connectivity index (χ4v) is 2.15. The van der Waals surface area contributed by atoms with E-state index in [4.69, 9.17) is 5.11 Å². The number of carbonyl (C=O) groups is 1. The van der Waals surface area contributed by atoms with Gasteiger partial charge >= 0.3 is 5.97 Å². The number of aromatic carboxylic acids is 1. The average molecular weight is 384 g/mol. The summed E-state index contributed by atoms with van der Waals surface area (Å²) in [7, 11) is 0. The summed E-state index contributed by atoms with van der Waals surface area (Å²) in [5, 5.41) is 13.0. The van der Waals surface area contributed by atoms with Crippen LogP contribution in [0.3, 0.4) is 0 Å². The third-order valence-corrected chi connectivity index (χ3v) is 3.58. The van der Waals surface area contributed by atoms with Crippen LogP contribution < -0.4 is 5.43 Å². The molecule has 1 aromatic heterocycles. The Morgan fingerprint density at radius 2 is 1.90 bits per heavy atom. The molecule has 0 spiro atoms. The lowest BCUT2D eigenvalue weighted by molar-refractivity contribution is 0.0686. The van der Waals surface area contributed by atoms with E-state index in [2.05, 4.69) is 27.7 Å². The minimum atomic E-state index is -1.31. The van der Waals surface area contributed by atoms with Crippen LogP contribution in [0.5, 0.6) is 0 Å². The van der Waals surface area contributed by atoms with E-state index < -0.39 is 17.1 Å². The summed E-state index contributed by atoms with van der Waals surface area (Å²) in [6.07, 6.45) is 1.60. The van der Waals surface area contributed by atoms with Crippen molar-refractivity contribution in [3.8, 4) is 5.69 Å². The highest BCUT2D eigenvalue weighted by atomic mass is 127. The van der Waals surface area contributed by atoms with Crippen LogP contribution in [-0.2, 0) is 0 Å². The molecule has 0 fully saturated rings. The first-order valence-corrected chi connectivity index (χ1v) is 7.11. The summed E-state index contributed by atoms with van der Waals surface area (Å²) < 4.78 is 2.51. The Bertz CT molecular complexity index is 705. The zero-order valence-corrected chi connectivity index (χ0v) is 13.2. The lowest BCUT2D eigenvalue weighted by atomic mass is 10.0. The number of rotatable bonds is 3. The quantitative estimate of drug-likeness (QED) is 0.827. The highest BCUT2D eigenvalue weighted by Gasteiger charge is 2.18. The number of benzene rings is 1. The lowest BCUT2D eigenvalue weighted by Crippen LogP contribution is -2.25. The van der Waals surface area contributed by atoms with E-state index in [0.717, 1.165) is 9.26 Å². The SMILES string of the molecule is CC(C)c1cn(-c2ccc(I)cc2)nc(C(=O)O)c1=O. The molecule has 5 nitrogen and oxygen atoms in total. The molecule has 0 unspecified atom stereocenters. The second-order valence-electron chi connectivity index (χ2n) is 4.64. The molecule has 0 aliphatic rings. The van der Waals surface area contributed by atoms with Crippen molar-refractivity contribution < 1.29 is 9.90 Å². The van der Waals surface area contributed by atoms with Gasteiger partial charge in [0.2, 0.25) is 11.1 Å². The van der Waals surface area contributed by atoms with Gasteiger partial charge in [-0.05, 0) is 52.8 Å². The van der Waals surface area contributed by atoms with Crippen molar-refractivity contribution in [2.75, 3.05) is 0 Å². The van der Waals surface area contributed by atoms with Crippen molar-refractivity contribution in [1.29, 1.82) is 0 Å². The van der Waals surface area contributed by atoms with Crippen molar-refractivity contribution >= 4 is 28.6 Å². The first kappa shape index (κ1) is 14.7. The molecule has 0 bridgehead atoms. The molecule has 0 amide bonds. The maximum atomic E-state index is 12.0. The molecule has 1 N–H and O–H groups in total. The Morgan fingerprint density at radius 3 is 2.40 bits per heavy atom. The van der Waals surface area contributed by atoms with Gasteiger partial charge in [0.15, 0.2) is 0 Å². The molecule has 0 aliphatic carbocycles. The monoisotopic (exact) mass is 384 g/mol. The first-order valence-electron chi connectivity index (χ1n) is 6.03. The largest absolute Gasteiger partial charge is 0.476 e. The molecule has 104 valence electrons. The summed E-state index contributed by atoms with van der Waals surface area (Å²) in [4.78, 5) is 23.2. The van der Waals surface area contributed by atoms with Crippen LogP contribution in [0, 0.1) is 3.57 Å². The van der Waals surface area contributed by atoms with Crippen LogP contribution in [0.4, 0.5) is 0 Å². The zero-order valence-electron chi connectivity index (χ0n) is 11.0. The maximum Gasteiger partial charge on any atom is 0.360 e. The zero-order chi connectivity index (χ0) is 14.9. The molecular weight excluding hydrogens is 371 g/mol. The molecule has 20 heavy (non-hydrogen) atoms. The smallest absolute Gasteiger partial charge is 0.360 e. The van der Waals surface area contributed by atoms with Gasteiger partial charge in [0.1, 0.15) is 0 Å². The maximum absolute atomic E-state index is 12.0. The van der Waals surface area contributed by atoms with E-state index in [9.17, 15) is 9.59 Å². The fraction of sp³-hybridized carbons (Fsp3) is 0.214.